The van der Waals surface area contributed by atoms with E-state index in [9.17, 15) is 17.6 Å². The highest BCUT2D eigenvalue weighted by atomic mass is 32.2. The quantitative estimate of drug-likeness (QED) is 0.592. The first-order valence-corrected chi connectivity index (χ1v) is 11.1. The van der Waals surface area contributed by atoms with Gasteiger partial charge in [0.25, 0.3) is 5.91 Å². The highest BCUT2D eigenvalue weighted by molar-refractivity contribution is 7.92. The van der Waals surface area contributed by atoms with Crippen molar-refractivity contribution in [1.82, 2.24) is 9.78 Å². The summed E-state index contributed by atoms with van der Waals surface area (Å²) in [4.78, 5) is 12.6. The molecular weight excluding hydrogens is 407 g/mol. The summed E-state index contributed by atoms with van der Waals surface area (Å²) in [5.74, 6) is -1.02. The van der Waals surface area contributed by atoms with Crippen LogP contribution in [0.2, 0.25) is 0 Å². The molecule has 0 bridgehead atoms. The van der Waals surface area contributed by atoms with E-state index in [1.807, 2.05) is 19.9 Å². The molecule has 9 heteroatoms. The highest BCUT2D eigenvalue weighted by Crippen LogP contribution is 2.21. The Kier molecular flexibility index (Phi) is 6.21. The van der Waals surface area contributed by atoms with Crippen LogP contribution in [0.15, 0.2) is 48.5 Å². The van der Waals surface area contributed by atoms with E-state index in [4.69, 9.17) is 0 Å². The Hall–Kier alpha value is -3.20. The predicted octanol–water partition coefficient (Wildman–Crippen LogP) is 4.03. The maximum Gasteiger partial charge on any atom is 0.255 e. The van der Waals surface area contributed by atoms with Gasteiger partial charge in [0.2, 0.25) is 10.0 Å². The number of carbonyl (C=O) groups is 1. The molecule has 0 saturated carbocycles. The summed E-state index contributed by atoms with van der Waals surface area (Å²) in [6, 6.07) is 12.3. The summed E-state index contributed by atoms with van der Waals surface area (Å²) < 4.78 is 42.4. The number of sulfonamides is 1. The van der Waals surface area contributed by atoms with E-state index < -0.39 is 21.7 Å². The van der Waals surface area contributed by atoms with Gasteiger partial charge in [-0.2, -0.15) is 5.10 Å². The third-order valence-corrected chi connectivity index (χ3v) is 5.81. The number of benzene rings is 2. The Bertz CT molecular complexity index is 1190. The lowest BCUT2D eigenvalue weighted by molar-refractivity contribution is 0.102. The van der Waals surface area contributed by atoms with Crippen molar-refractivity contribution < 1.29 is 17.6 Å². The van der Waals surface area contributed by atoms with E-state index in [2.05, 4.69) is 15.1 Å². The zero-order chi connectivity index (χ0) is 21.9. The van der Waals surface area contributed by atoms with E-state index in [0.29, 0.717) is 12.1 Å². The number of hydrogen-bond donors (Lipinski definition) is 2. The van der Waals surface area contributed by atoms with Crippen LogP contribution < -0.4 is 10.0 Å². The number of aromatic nitrogens is 2. The van der Waals surface area contributed by atoms with E-state index in [-0.39, 0.29) is 22.7 Å². The molecule has 3 aromatic rings. The normalized spacial score (nSPS) is 11.3. The fourth-order valence-corrected chi connectivity index (χ4v) is 4.18. The molecule has 0 aliphatic rings. The number of nitrogens with zero attached hydrogens (tertiary/aromatic N) is 2. The number of rotatable bonds is 7. The molecule has 0 aliphatic heterocycles. The van der Waals surface area contributed by atoms with Crippen LogP contribution in [0.5, 0.6) is 0 Å². The largest absolute Gasteiger partial charge is 0.322 e. The minimum Gasteiger partial charge on any atom is -0.322 e. The monoisotopic (exact) mass is 430 g/mol. The standard InChI is InChI=1S/C21H23FN4O3S/c1-4-10-30(28,29)25-18-7-5-6-16(12-18)21(27)23-17-8-9-20(19(22)13-17)26-15(3)11-14(2)24-26/h5-9,11-13,25H,4,10H2,1-3H3,(H,23,27). The fraction of sp³-hybridized carbons (Fsp3) is 0.238. The first-order chi connectivity index (χ1) is 14.2. The molecule has 0 saturated heterocycles. The molecule has 0 radical (unpaired) electrons. The van der Waals surface area contributed by atoms with Crippen LogP contribution in [0.25, 0.3) is 5.69 Å². The van der Waals surface area contributed by atoms with Crippen molar-refractivity contribution in [2.24, 2.45) is 0 Å². The molecule has 2 aromatic carbocycles. The van der Waals surface area contributed by atoms with Crippen molar-refractivity contribution in [3.8, 4) is 5.69 Å². The molecule has 7 nitrogen and oxygen atoms in total. The average molecular weight is 431 g/mol. The summed E-state index contributed by atoms with van der Waals surface area (Å²) in [6.45, 7) is 5.42. The maximum absolute atomic E-state index is 14.6. The van der Waals surface area contributed by atoms with Crippen LogP contribution in [-0.2, 0) is 10.0 Å². The molecule has 30 heavy (non-hydrogen) atoms. The van der Waals surface area contributed by atoms with Gasteiger partial charge in [-0.05, 0) is 62.7 Å². The molecule has 158 valence electrons. The smallest absolute Gasteiger partial charge is 0.255 e. The van der Waals surface area contributed by atoms with Gasteiger partial charge in [-0.3, -0.25) is 9.52 Å². The highest BCUT2D eigenvalue weighted by Gasteiger charge is 2.14. The molecule has 3 rings (SSSR count). The summed E-state index contributed by atoms with van der Waals surface area (Å²) in [5.41, 5.74) is 2.67. The lowest BCUT2D eigenvalue weighted by Crippen LogP contribution is -2.17. The van der Waals surface area contributed by atoms with Crippen molar-refractivity contribution in [1.29, 1.82) is 0 Å². The van der Waals surface area contributed by atoms with Crippen LogP contribution in [0.1, 0.15) is 35.1 Å². The lowest BCUT2D eigenvalue weighted by Gasteiger charge is -2.11. The van der Waals surface area contributed by atoms with Crippen LogP contribution in [0.4, 0.5) is 15.8 Å². The van der Waals surface area contributed by atoms with Crippen molar-refractivity contribution in [2.75, 3.05) is 15.8 Å². The number of nitrogens with one attached hydrogen (secondary N) is 2. The van der Waals surface area contributed by atoms with E-state index in [0.717, 1.165) is 11.4 Å². The molecule has 0 fully saturated rings. The molecule has 0 unspecified atom stereocenters. The van der Waals surface area contributed by atoms with Gasteiger partial charge in [0, 0.05) is 22.6 Å². The van der Waals surface area contributed by atoms with Crippen molar-refractivity contribution in [3.05, 3.63) is 71.3 Å². The SMILES string of the molecule is CCCS(=O)(=O)Nc1cccc(C(=O)Nc2ccc(-n3nc(C)cc3C)c(F)c2)c1. The Morgan fingerprint density at radius 2 is 1.87 bits per heavy atom. The Balaban J connectivity index is 1.77. The number of amides is 1. The minimum atomic E-state index is -3.46. The summed E-state index contributed by atoms with van der Waals surface area (Å²) >= 11 is 0. The Labute approximate surface area is 175 Å². The number of carbonyl (C=O) groups excluding carboxylic acids is 1. The van der Waals surface area contributed by atoms with E-state index in [1.54, 1.807) is 37.3 Å². The summed E-state index contributed by atoms with van der Waals surface area (Å²) in [6.07, 6.45) is 0.481. The Morgan fingerprint density at radius 1 is 1.10 bits per heavy atom. The lowest BCUT2D eigenvalue weighted by atomic mass is 10.2. The third kappa shape index (κ3) is 5.04. The van der Waals surface area contributed by atoms with Crippen molar-refractivity contribution in [2.45, 2.75) is 27.2 Å². The van der Waals surface area contributed by atoms with Gasteiger partial charge in [-0.25, -0.2) is 17.5 Å². The number of halogens is 1. The van der Waals surface area contributed by atoms with Crippen molar-refractivity contribution >= 4 is 27.3 Å². The zero-order valence-electron chi connectivity index (χ0n) is 16.9. The van der Waals surface area contributed by atoms with E-state index >= 15 is 0 Å². The molecule has 0 aliphatic carbocycles. The number of aryl methyl sites for hydroxylation is 2. The topological polar surface area (TPSA) is 93.1 Å². The molecule has 0 spiro atoms. The van der Waals surface area contributed by atoms with Crippen LogP contribution in [-0.4, -0.2) is 29.9 Å². The van der Waals surface area contributed by atoms with Gasteiger partial charge in [0.05, 0.1) is 11.4 Å². The first kappa shape index (κ1) is 21.5. The number of anilines is 2. The van der Waals surface area contributed by atoms with Crippen LogP contribution in [0, 0.1) is 19.7 Å². The molecule has 1 aromatic heterocycles. The summed E-state index contributed by atoms with van der Waals surface area (Å²) in [7, 11) is -3.46. The van der Waals surface area contributed by atoms with Crippen molar-refractivity contribution in [3.63, 3.8) is 0 Å². The maximum atomic E-state index is 14.6. The average Bonchev–Trinajstić information content (AvgIpc) is 2.99. The fourth-order valence-electron chi connectivity index (χ4n) is 3.06. The number of hydrogen-bond acceptors (Lipinski definition) is 4. The molecule has 2 N–H and O–H groups in total. The second-order valence-electron chi connectivity index (χ2n) is 6.96. The van der Waals surface area contributed by atoms with Gasteiger partial charge < -0.3 is 5.32 Å². The van der Waals surface area contributed by atoms with Gasteiger partial charge in [-0.15, -0.1) is 0 Å². The first-order valence-electron chi connectivity index (χ1n) is 9.43. The molecule has 1 amide bonds. The second-order valence-corrected chi connectivity index (χ2v) is 8.80. The van der Waals surface area contributed by atoms with Crippen LogP contribution >= 0.6 is 0 Å². The summed E-state index contributed by atoms with van der Waals surface area (Å²) in [5, 5.41) is 6.89. The second kappa shape index (κ2) is 8.66. The van der Waals surface area contributed by atoms with Crippen LogP contribution in [0.3, 0.4) is 0 Å². The van der Waals surface area contributed by atoms with E-state index in [1.165, 1.54) is 16.8 Å². The predicted molar refractivity (Wildman–Crippen MR) is 115 cm³/mol. The molecule has 1 heterocycles. The minimum absolute atomic E-state index is 0.00962. The zero-order valence-corrected chi connectivity index (χ0v) is 17.8. The molecular formula is C21H23FN4O3S. The van der Waals surface area contributed by atoms with Gasteiger partial charge in [0.1, 0.15) is 5.69 Å². The Morgan fingerprint density at radius 3 is 2.50 bits per heavy atom. The van der Waals surface area contributed by atoms with Gasteiger partial charge >= 0.3 is 0 Å². The molecule has 0 atom stereocenters. The van der Waals surface area contributed by atoms with Gasteiger partial charge in [0.15, 0.2) is 5.82 Å². The van der Waals surface area contributed by atoms with Gasteiger partial charge in [-0.1, -0.05) is 13.0 Å². The third-order valence-electron chi connectivity index (χ3n) is 4.31.